The number of nitrogens with one attached hydrogen (secondary N) is 1. The molecular weight excluding hydrogens is 415 g/mol. The maximum Gasteiger partial charge on any atom is 0.418 e. The highest BCUT2D eigenvalue weighted by Crippen LogP contribution is 2.37. The predicted octanol–water partition coefficient (Wildman–Crippen LogP) is 5.95. The quantitative estimate of drug-likeness (QED) is 0.632. The summed E-state index contributed by atoms with van der Waals surface area (Å²) in [4.78, 5) is 12.5. The van der Waals surface area contributed by atoms with Gasteiger partial charge in [-0.25, -0.2) is 8.42 Å². The van der Waals surface area contributed by atoms with Crippen LogP contribution in [0.25, 0.3) is 0 Å². The van der Waals surface area contributed by atoms with Crippen LogP contribution in [-0.2, 0) is 21.0 Å². The third-order valence-electron chi connectivity index (χ3n) is 4.91. The Morgan fingerprint density at radius 1 is 0.964 bits per heavy atom. The molecule has 28 heavy (non-hydrogen) atoms. The Balaban J connectivity index is 2.26. The number of hydrogen-bond donors (Lipinski definition) is 1. The van der Waals surface area contributed by atoms with Crippen LogP contribution in [0.4, 0.5) is 18.9 Å². The normalized spacial score (nSPS) is 20.9. The van der Waals surface area contributed by atoms with E-state index in [9.17, 15) is 26.4 Å². The van der Waals surface area contributed by atoms with Crippen LogP contribution in [0.2, 0.25) is 5.02 Å². The van der Waals surface area contributed by atoms with Crippen molar-refractivity contribution in [3.05, 3.63) is 28.8 Å². The van der Waals surface area contributed by atoms with Crippen molar-refractivity contribution in [1.29, 1.82) is 0 Å². The molecule has 1 fully saturated rings. The summed E-state index contributed by atoms with van der Waals surface area (Å²) in [5.41, 5.74) is -1.79. The number of carbonyl (C=O) groups is 1. The van der Waals surface area contributed by atoms with Gasteiger partial charge in [-0.1, -0.05) is 56.5 Å². The number of sulfonamides is 1. The van der Waals surface area contributed by atoms with E-state index in [4.69, 9.17) is 11.6 Å². The fraction of sp³-hybridized carbons (Fsp3) is 0.632. The third kappa shape index (κ3) is 6.65. The molecule has 4 nitrogen and oxygen atoms in total. The highest BCUT2D eigenvalue weighted by molar-refractivity contribution is 7.94. The van der Waals surface area contributed by atoms with Crippen molar-refractivity contribution in [2.24, 2.45) is 0 Å². The summed E-state index contributed by atoms with van der Waals surface area (Å²) >= 11 is 5.64. The Morgan fingerprint density at radius 2 is 1.54 bits per heavy atom. The summed E-state index contributed by atoms with van der Waals surface area (Å²) in [5, 5.41) is -1.50. The summed E-state index contributed by atoms with van der Waals surface area (Å²) in [5.74, 6) is -0.435. The molecule has 0 heterocycles. The highest BCUT2D eigenvalue weighted by Gasteiger charge is 2.37. The fourth-order valence-corrected chi connectivity index (χ4v) is 5.14. The minimum Gasteiger partial charge on any atom is -0.298 e. The van der Waals surface area contributed by atoms with E-state index in [0.29, 0.717) is 18.9 Å². The maximum absolute atomic E-state index is 13.3. The number of rotatable bonds is 3. The molecule has 0 aliphatic heterocycles. The Bertz CT molecular complexity index is 781. The number of ketones is 1. The molecule has 1 aliphatic rings. The molecule has 9 heteroatoms. The van der Waals surface area contributed by atoms with Gasteiger partial charge in [-0.05, 0) is 31.0 Å². The van der Waals surface area contributed by atoms with Crippen LogP contribution in [0.3, 0.4) is 0 Å². The van der Waals surface area contributed by atoms with Gasteiger partial charge in [-0.2, -0.15) is 13.2 Å². The van der Waals surface area contributed by atoms with E-state index in [2.05, 4.69) is 0 Å². The first kappa shape index (κ1) is 23.0. The zero-order valence-electron chi connectivity index (χ0n) is 15.5. The monoisotopic (exact) mass is 439 g/mol. The average Bonchev–Trinajstić information content (AvgIpc) is 2.58. The molecule has 1 atom stereocenters. The van der Waals surface area contributed by atoms with Crippen LogP contribution in [0.15, 0.2) is 18.2 Å². The van der Waals surface area contributed by atoms with Crippen molar-refractivity contribution in [3.63, 3.8) is 0 Å². The van der Waals surface area contributed by atoms with Crippen molar-refractivity contribution in [2.75, 3.05) is 4.72 Å². The molecule has 1 aromatic carbocycles. The van der Waals surface area contributed by atoms with Crippen LogP contribution in [-0.4, -0.2) is 19.5 Å². The number of carbonyl (C=O) groups excluding carboxylic acids is 1. The number of anilines is 1. The zero-order chi connectivity index (χ0) is 20.8. The number of halogens is 4. The van der Waals surface area contributed by atoms with E-state index < -0.39 is 38.5 Å². The van der Waals surface area contributed by atoms with Crippen molar-refractivity contribution >= 4 is 33.1 Å². The van der Waals surface area contributed by atoms with Gasteiger partial charge in [-0.15, -0.1) is 0 Å². The number of benzene rings is 1. The van der Waals surface area contributed by atoms with E-state index in [1.54, 1.807) is 0 Å². The van der Waals surface area contributed by atoms with Gasteiger partial charge in [0.15, 0.2) is 5.78 Å². The molecule has 1 N–H and O–H groups in total. The molecule has 1 aromatic rings. The van der Waals surface area contributed by atoms with Gasteiger partial charge < -0.3 is 0 Å². The number of alkyl halides is 3. The van der Waals surface area contributed by atoms with E-state index in [0.717, 1.165) is 44.6 Å². The molecule has 1 saturated carbocycles. The van der Waals surface area contributed by atoms with Gasteiger partial charge in [0.05, 0.1) is 11.3 Å². The van der Waals surface area contributed by atoms with Crippen LogP contribution >= 0.6 is 11.6 Å². The minimum absolute atomic E-state index is 0.114. The van der Waals surface area contributed by atoms with E-state index >= 15 is 0 Å². The van der Waals surface area contributed by atoms with Crippen molar-refractivity contribution < 1.29 is 26.4 Å². The topological polar surface area (TPSA) is 63.2 Å². The van der Waals surface area contributed by atoms with Gasteiger partial charge in [0.25, 0.3) is 0 Å². The first-order valence-electron chi connectivity index (χ1n) is 9.52. The van der Waals surface area contributed by atoms with Gasteiger partial charge in [-0.3, -0.25) is 9.52 Å². The molecular formula is C19H25ClF3NO3S. The first-order valence-corrected chi connectivity index (χ1v) is 11.4. The molecule has 0 aromatic heterocycles. The van der Waals surface area contributed by atoms with Gasteiger partial charge in [0.1, 0.15) is 5.25 Å². The Morgan fingerprint density at radius 3 is 2.14 bits per heavy atom. The molecule has 0 amide bonds. The lowest BCUT2D eigenvalue weighted by atomic mass is 10.0. The molecule has 0 saturated heterocycles. The van der Waals surface area contributed by atoms with Gasteiger partial charge >= 0.3 is 6.18 Å². The minimum atomic E-state index is -4.78. The summed E-state index contributed by atoms with van der Waals surface area (Å²) in [6.45, 7) is 0. The van der Waals surface area contributed by atoms with Gasteiger partial charge in [0, 0.05) is 11.4 Å². The third-order valence-corrected chi connectivity index (χ3v) is 6.90. The van der Waals surface area contributed by atoms with E-state index in [1.807, 2.05) is 4.72 Å². The molecule has 0 radical (unpaired) electrons. The molecule has 1 aliphatic carbocycles. The first-order chi connectivity index (χ1) is 13.1. The van der Waals surface area contributed by atoms with Crippen molar-refractivity contribution in [1.82, 2.24) is 0 Å². The van der Waals surface area contributed by atoms with Crippen LogP contribution in [0.1, 0.15) is 69.8 Å². The largest absolute Gasteiger partial charge is 0.418 e. The lowest BCUT2D eigenvalue weighted by Crippen LogP contribution is -2.35. The summed E-state index contributed by atoms with van der Waals surface area (Å²) < 4.78 is 67.4. The second-order valence-corrected chi connectivity index (χ2v) is 9.46. The molecule has 0 spiro atoms. The predicted molar refractivity (Wildman–Crippen MR) is 104 cm³/mol. The Hall–Kier alpha value is -1.28. The maximum atomic E-state index is 13.3. The Kier molecular flexibility index (Phi) is 8.18. The molecule has 0 bridgehead atoms. The number of Topliss-reactive ketones (excluding diaryl/α,β-unsaturated/α-hetero) is 1. The Labute approximate surface area is 168 Å². The standard InChI is InChI=1S/C19H25ClF3NO3S/c20-14-11-12-16(15(13-14)19(21,22)23)24-28(26,27)18-10-8-6-4-2-1-3-5-7-9-17(18)25/h11-13,18,24H,1-10H2. The van der Waals surface area contributed by atoms with Crippen LogP contribution in [0.5, 0.6) is 0 Å². The second-order valence-electron chi connectivity index (χ2n) is 7.16. The smallest absolute Gasteiger partial charge is 0.298 e. The molecule has 1 unspecified atom stereocenters. The SMILES string of the molecule is O=C1CCCCCCCCCCC1S(=O)(=O)Nc1ccc(Cl)cc1C(F)(F)F. The van der Waals surface area contributed by atoms with Gasteiger partial charge in [0.2, 0.25) is 10.0 Å². The summed E-state index contributed by atoms with van der Waals surface area (Å²) in [6.07, 6.45) is 2.39. The highest BCUT2D eigenvalue weighted by atomic mass is 35.5. The van der Waals surface area contributed by atoms with Crippen molar-refractivity contribution in [2.45, 2.75) is 75.6 Å². The lowest BCUT2D eigenvalue weighted by molar-refractivity contribution is -0.136. The summed E-state index contributed by atoms with van der Waals surface area (Å²) in [6, 6.07) is 2.82. The van der Waals surface area contributed by atoms with Crippen LogP contribution < -0.4 is 4.72 Å². The molecule has 2 rings (SSSR count). The average molecular weight is 440 g/mol. The van der Waals surface area contributed by atoms with E-state index in [-0.39, 0.29) is 17.9 Å². The second kappa shape index (κ2) is 9.96. The van der Waals surface area contributed by atoms with Crippen LogP contribution in [0, 0.1) is 0 Å². The zero-order valence-corrected chi connectivity index (χ0v) is 17.1. The molecule has 158 valence electrons. The van der Waals surface area contributed by atoms with E-state index in [1.165, 1.54) is 6.07 Å². The number of hydrogen-bond acceptors (Lipinski definition) is 3. The fourth-order valence-electron chi connectivity index (χ4n) is 3.40. The summed E-state index contributed by atoms with van der Waals surface area (Å²) in [7, 11) is -4.31. The van der Waals surface area contributed by atoms with Crippen molar-refractivity contribution in [3.8, 4) is 0 Å². The lowest BCUT2D eigenvalue weighted by Gasteiger charge is -2.21.